The summed E-state index contributed by atoms with van der Waals surface area (Å²) in [5.74, 6) is -2.19. The van der Waals surface area contributed by atoms with Gasteiger partial charge in [0.05, 0.1) is 5.02 Å². The average Bonchev–Trinajstić information content (AvgIpc) is 1.94. The summed E-state index contributed by atoms with van der Waals surface area (Å²) in [6, 6.07) is 2.14. The molecule has 0 spiro atoms. The third-order valence-corrected chi connectivity index (χ3v) is 1.32. The number of aromatic carboxylic acids is 1. The van der Waals surface area contributed by atoms with E-state index in [9.17, 15) is 9.18 Å². The van der Waals surface area contributed by atoms with Gasteiger partial charge in [-0.25, -0.2) is 9.78 Å². The number of rotatable bonds is 1. The van der Waals surface area contributed by atoms with Crippen LogP contribution >= 0.6 is 11.6 Å². The van der Waals surface area contributed by atoms with E-state index in [4.69, 9.17) is 16.7 Å². The van der Waals surface area contributed by atoms with E-state index in [1.165, 1.54) is 0 Å². The Morgan fingerprint density at radius 3 is 2.73 bits per heavy atom. The van der Waals surface area contributed by atoms with Crippen LogP contribution in [-0.2, 0) is 0 Å². The van der Waals surface area contributed by atoms with Crippen LogP contribution in [0.1, 0.15) is 10.5 Å². The summed E-state index contributed by atoms with van der Waals surface area (Å²) >= 11 is 5.38. The molecule has 0 aliphatic rings. The van der Waals surface area contributed by atoms with Crippen molar-refractivity contribution >= 4 is 17.6 Å². The fourth-order valence-corrected chi connectivity index (χ4v) is 0.754. The van der Waals surface area contributed by atoms with Crippen LogP contribution in [0.2, 0.25) is 5.02 Å². The monoisotopic (exact) mass is 175 g/mol. The lowest BCUT2D eigenvalue weighted by atomic mass is 10.3. The molecule has 0 aliphatic heterocycles. The Balaban J connectivity index is 3.23. The van der Waals surface area contributed by atoms with Crippen molar-refractivity contribution in [1.82, 2.24) is 4.98 Å². The predicted molar refractivity (Wildman–Crippen MR) is 36.2 cm³/mol. The fraction of sp³-hybridized carbons (Fsp3) is 0. The summed E-state index contributed by atoms with van der Waals surface area (Å²) in [5, 5.41) is 8.31. The highest BCUT2D eigenvalue weighted by Crippen LogP contribution is 2.12. The van der Waals surface area contributed by atoms with Crippen LogP contribution in [0.15, 0.2) is 12.1 Å². The second-order valence-electron chi connectivity index (χ2n) is 1.77. The maximum atomic E-state index is 12.3. The number of nitrogens with zero attached hydrogens (tertiary/aromatic N) is 1. The van der Waals surface area contributed by atoms with E-state index in [-0.39, 0.29) is 5.02 Å². The number of carbonyl (C=O) groups is 1. The molecule has 0 radical (unpaired) electrons. The van der Waals surface area contributed by atoms with Crippen molar-refractivity contribution in [2.45, 2.75) is 0 Å². The van der Waals surface area contributed by atoms with Crippen LogP contribution in [0.5, 0.6) is 0 Å². The van der Waals surface area contributed by atoms with Gasteiger partial charge in [-0.3, -0.25) is 0 Å². The molecule has 0 aromatic carbocycles. The minimum Gasteiger partial charge on any atom is -0.476 e. The zero-order valence-corrected chi connectivity index (χ0v) is 5.97. The maximum absolute atomic E-state index is 12.3. The molecule has 1 rings (SSSR count). The molecule has 0 amide bonds. The number of carboxylic acids is 1. The lowest BCUT2D eigenvalue weighted by Crippen LogP contribution is -2.02. The quantitative estimate of drug-likeness (QED) is 0.660. The Labute approximate surface area is 66.4 Å². The van der Waals surface area contributed by atoms with Crippen LogP contribution in [0.25, 0.3) is 0 Å². The normalized spacial score (nSPS) is 9.64. The molecule has 1 heterocycles. The van der Waals surface area contributed by atoms with Crippen LogP contribution < -0.4 is 0 Å². The Morgan fingerprint density at radius 2 is 2.27 bits per heavy atom. The Kier molecular flexibility index (Phi) is 2.05. The molecule has 1 aromatic heterocycles. The average molecular weight is 176 g/mol. The van der Waals surface area contributed by atoms with Crippen molar-refractivity contribution in [2.75, 3.05) is 0 Å². The molecular weight excluding hydrogens is 173 g/mol. The van der Waals surface area contributed by atoms with Gasteiger partial charge in [-0.1, -0.05) is 11.6 Å². The first-order valence-corrected chi connectivity index (χ1v) is 3.04. The molecule has 0 atom stereocenters. The molecule has 0 bridgehead atoms. The minimum atomic E-state index is -1.34. The molecular formula is C6H3ClFNO2. The van der Waals surface area contributed by atoms with Gasteiger partial charge in [-0.15, -0.1) is 0 Å². The van der Waals surface area contributed by atoms with Crippen LogP contribution in [-0.4, -0.2) is 16.1 Å². The van der Waals surface area contributed by atoms with Crippen molar-refractivity contribution in [3.8, 4) is 0 Å². The SMILES string of the molecule is O=C(O)c1nc(F)ccc1Cl. The topological polar surface area (TPSA) is 50.2 Å². The molecule has 0 aliphatic carbocycles. The Hall–Kier alpha value is -1.16. The number of hydrogen-bond donors (Lipinski definition) is 1. The number of pyridine rings is 1. The lowest BCUT2D eigenvalue weighted by Gasteiger charge is -1.95. The first-order valence-electron chi connectivity index (χ1n) is 2.66. The number of hydrogen-bond acceptors (Lipinski definition) is 2. The molecule has 11 heavy (non-hydrogen) atoms. The third-order valence-electron chi connectivity index (χ3n) is 1.01. The summed E-state index contributed by atoms with van der Waals surface area (Å²) in [7, 11) is 0. The Morgan fingerprint density at radius 1 is 1.64 bits per heavy atom. The zero-order chi connectivity index (χ0) is 8.43. The summed E-state index contributed by atoms with van der Waals surface area (Å²) in [5.41, 5.74) is -0.466. The number of halogens is 2. The molecule has 0 saturated carbocycles. The van der Waals surface area contributed by atoms with Gasteiger partial charge < -0.3 is 5.11 Å². The van der Waals surface area contributed by atoms with E-state index >= 15 is 0 Å². The maximum Gasteiger partial charge on any atom is 0.356 e. The highest BCUT2D eigenvalue weighted by molar-refractivity contribution is 6.33. The third kappa shape index (κ3) is 1.65. The number of carboxylic acid groups (broad SMARTS) is 1. The molecule has 0 saturated heterocycles. The number of aromatic nitrogens is 1. The highest BCUT2D eigenvalue weighted by Gasteiger charge is 2.10. The summed E-state index contributed by atoms with van der Waals surface area (Å²) < 4.78 is 12.3. The van der Waals surface area contributed by atoms with Crippen molar-refractivity contribution in [3.63, 3.8) is 0 Å². The van der Waals surface area contributed by atoms with Gasteiger partial charge in [0.2, 0.25) is 5.95 Å². The van der Waals surface area contributed by atoms with E-state index in [0.717, 1.165) is 12.1 Å². The lowest BCUT2D eigenvalue weighted by molar-refractivity contribution is 0.0689. The summed E-state index contributed by atoms with van der Waals surface area (Å²) in [6.45, 7) is 0. The van der Waals surface area contributed by atoms with Gasteiger partial charge in [0.15, 0.2) is 5.69 Å². The van der Waals surface area contributed by atoms with E-state index in [1.54, 1.807) is 0 Å². The van der Waals surface area contributed by atoms with E-state index in [0.29, 0.717) is 0 Å². The van der Waals surface area contributed by atoms with Crippen molar-refractivity contribution in [1.29, 1.82) is 0 Å². The predicted octanol–water partition coefficient (Wildman–Crippen LogP) is 1.57. The van der Waals surface area contributed by atoms with Gasteiger partial charge in [-0.05, 0) is 12.1 Å². The van der Waals surface area contributed by atoms with Crippen molar-refractivity contribution in [3.05, 3.63) is 28.8 Å². The molecule has 3 nitrogen and oxygen atoms in total. The van der Waals surface area contributed by atoms with Crippen molar-refractivity contribution in [2.24, 2.45) is 0 Å². The van der Waals surface area contributed by atoms with Crippen LogP contribution in [0.3, 0.4) is 0 Å². The van der Waals surface area contributed by atoms with Crippen LogP contribution in [0, 0.1) is 5.95 Å². The smallest absolute Gasteiger partial charge is 0.356 e. The zero-order valence-electron chi connectivity index (χ0n) is 5.21. The largest absolute Gasteiger partial charge is 0.476 e. The Bertz CT molecular complexity index is 303. The molecule has 1 aromatic rings. The highest BCUT2D eigenvalue weighted by atomic mass is 35.5. The van der Waals surface area contributed by atoms with Gasteiger partial charge >= 0.3 is 5.97 Å². The first kappa shape index (κ1) is 7.94. The second-order valence-corrected chi connectivity index (χ2v) is 2.18. The van der Waals surface area contributed by atoms with E-state index in [1.807, 2.05) is 0 Å². The van der Waals surface area contributed by atoms with Gasteiger partial charge in [0, 0.05) is 0 Å². The molecule has 58 valence electrons. The fourth-order valence-electron chi connectivity index (χ4n) is 0.568. The minimum absolute atomic E-state index is 0.0705. The standard InChI is InChI=1S/C6H3ClFNO2/c7-3-1-2-4(8)9-5(3)6(10)11/h1-2H,(H,10,11). The summed E-state index contributed by atoms with van der Waals surface area (Å²) in [4.78, 5) is 13.3. The van der Waals surface area contributed by atoms with E-state index < -0.39 is 17.6 Å². The van der Waals surface area contributed by atoms with Gasteiger partial charge in [0.1, 0.15) is 0 Å². The molecule has 0 fully saturated rings. The summed E-state index contributed by atoms with van der Waals surface area (Å²) in [6.07, 6.45) is 0. The molecule has 5 heteroatoms. The van der Waals surface area contributed by atoms with Gasteiger partial charge in [-0.2, -0.15) is 4.39 Å². The van der Waals surface area contributed by atoms with E-state index in [2.05, 4.69) is 4.98 Å². The molecule has 0 unspecified atom stereocenters. The van der Waals surface area contributed by atoms with Crippen LogP contribution in [0.4, 0.5) is 4.39 Å². The second kappa shape index (κ2) is 2.84. The van der Waals surface area contributed by atoms with Gasteiger partial charge in [0.25, 0.3) is 0 Å². The first-order chi connectivity index (χ1) is 5.11. The molecule has 1 N–H and O–H groups in total. The van der Waals surface area contributed by atoms with Crippen molar-refractivity contribution < 1.29 is 14.3 Å².